The molecule has 5 heteroatoms. The van der Waals surface area contributed by atoms with Gasteiger partial charge in [-0.2, -0.15) is 10.2 Å². The van der Waals surface area contributed by atoms with Crippen LogP contribution in [0.2, 0.25) is 0 Å². The van der Waals surface area contributed by atoms with Gasteiger partial charge in [-0.25, -0.2) is 0 Å². The second-order valence-corrected chi connectivity index (χ2v) is 4.65. The molecule has 0 aromatic carbocycles. The smallest absolute Gasteiger partial charge is 0.256 e. The molecule has 0 atom stereocenters. The van der Waals surface area contributed by atoms with Crippen molar-refractivity contribution in [2.75, 3.05) is 13.2 Å². The lowest BCUT2D eigenvalue weighted by Gasteiger charge is -2.22. The molecular weight excluding hydrogens is 230 g/mol. The van der Waals surface area contributed by atoms with Gasteiger partial charge in [0.2, 0.25) is 0 Å². The molecule has 98 valence electrons. The summed E-state index contributed by atoms with van der Waals surface area (Å²) >= 11 is 0. The van der Waals surface area contributed by atoms with E-state index >= 15 is 0 Å². The Bertz CT molecular complexity index is 444. The molecule has 1 heterocycles. The molecule has 2 rings (SSSR count). The Morgan fingerprint density at radius 2 is 2.22 bits per heavy atom. The third-order valence-electron chi connectivity index (χ3n) is 3.15. The van der Waals surface area contributed by atoms with Crippen LogP contribution in [0.1, 0.15) is 41.5 Å². The van der Waals surface area contributed by atoms with E-state index in [1.54, 1.807) is 11.0 Å². The van der Waals surface area contributed by atoms with Crippen LogP contribution >= 0.6 is 0 Å². The zero-order valence-corrected chi connectivity index (χ0v) is 10.9. The van der Waals surface area contributed by atoms with Gasteiger partial charge in [-0.3, -0.25) is 4.79 Å². The normalized spacial score (nSPS) is 14.6. The predicted molar refractivity (Wildman–Crippen MR) is 67.3 cm³/mol. The fourth-order valence-electron chi connectivity index (χ4n) is 2.06. The molecule has 1 fully saturated rings. The fourth-order valence-corrected chi connectivity index (χ4v) is 2.06. The van der Waals surface area contributed by atoms with Crippen molar-refractivity contribution in [3.63, 3.8) is 0 Å². The van der Waals surface area contributed by atoms with Gasteiger partial charge in [0.1, 0.15) is 0 Å². The lowest BCUT2D eigenvalue weighted by atomic mass is 10.1. The number of rotatable bonds is 5. The molecule has 1 aliphatic carbocycles. The van der Waals surface area contributed by atoms with E-state index in [4.69, 9.17) is 5.11 Å². The molecule has 0 bridgehead atoms. The molecule has 1 aromatic rings. The molecule has 0 spiro atoms. The number of aliphatic hydroxyl groups excluding tert-OH is 1. The highest BCUT2D eigenvalue weighted by Gasteiger charge is 2.33. The summed E-state index contributed by atoms with van der Waals surface area (Å²) in [4.78, 5) is 14.3. The molecule has 1 saturated carbocycles. The van der Waals surface area contributed by atoms with Crippen molar-refractivity contribution in [1.82, 2.24) is 15.1 Å². The quantitative estimate of drug-likeness (QED) is 0.843. The Morgan fingerprint density at radius 3 is 2.78 bits per heavy atom. The van der Waals surface area contributed by atoms with Crippen LogP contribution in [0.4, 0.5) is 0 Å². The summed E-state index contributed by atoms with van der Waals surface area (Å²) in [5.74, 6) is -0.0265. The lowest BCUT2D eigenvalue weighted by Crippen LogP contribution is -2.36. The topological polar surface area (TPSA) is 66.3 Å². The van der Waals surface area contributed by atoms with Crippen LogP contribution < -0.4 is 0 Å². The summed E-state index contributed by atoms with van der Waals surface area (Å²) in [5, 5.41) is 17.1. The Balaban J connectivity index is 2.28. The molecule has 0 aliphatic heterocycles. The number of aryl methyl sites for hydroxylation is 2. The van der Waals surface area contributed by atoms with Crippen LogP contribution in [0, 0.1) is 6.92 Å². The summed E-state index contributed by atoms with van der Waals surface area (Å²) in [7, 11) is 0. The van der Waals surface area contributed by atoms with Gasteiger partial charge >= 0.3 is 0 Å². The monoisotopic (exact) mass is 249 g/mol. The minimum Gasteiger partial charge on any atom is -0.395 e. The Kier molecular flexibility index (Phi) is 3.91. The van der Waals surface area contributed by atoms with Crippen molar-refractivity contribution in [2.24, 2.45) is 0 Å². The zero-order valence-electron chi connectivity index (χ0n) is 10.9. The van der Waals surface area contributed by atoms with Crippen molar-refractivity contribution >= 4 is 5.91 Å². The second kappa shape index (κ2) is 5.44. The highest BCUT2D eigenvalue weighted by Crippen LogP contribution is 2.28. The van der Waals surface area contributed by atoms with Gasteiger partial charge in [0, 0.05) is 12.6 Å². The number of carbonyl (C=O) groups is 1. The van der Waals surface area contributed by atoms with Gasteiger partial charge in [-0.05, 0) is 32.3 Å². The van der Waals surface area contributed by atoms with Crippen LogP contribution in [0.15, 0.2) is 6.07 Å². The average molecular weight is 249 g/mol. The van der Waals surface area contributed by atoms with Crippen LogP contribution in [-0.4, -0.2) is 45.3 Å². The van der Waals surface area contributed by atoms with Crippen LogP contribution in [0.5, 0.6) is 0 Å². The Labute approximate surface area is 107 Å². The van der Waals surface area contributed by atoms with Crippen molar-refractivity contribution in [2.45, 2.75) is 39.2 Å². The number of aliphatic hydroxyl groups is 1. The van der Waals surface area contributed by atoms with Crippen molar-refractivity contribution < 1.29 is 9.90 Å². The van der Waals surface area contributed by atoms with E-state index < -0.39 is 0 Å². The first-order valence-corrected chi connectivity index (χ1v) is 6.42. The maximum atomic E-state index is 12.5. The summed E-state index contributed by atoms with van der Waals surface area (Å²) in [5.41, 5.74) is 2.11. The van der Waals surface area contributed by atoms with Crippen LogP contribution in [0.25, 0.3) is 0 Å². The molecule has 5 nitrogen and oxygen atoms in total. The van der Waals surface area contributed by atoms with E-state index in [1.807, 2.05) is 13.8 Å². The molecule has 1 aliphatic rings. The summed E-state index contributed by atoms with van der Waals surface area (Å²) in [6.45, 7) is 4.19. The molecule has 1 amide bonds. The van der Waals surface area contributed by atoms with Crippen molar-refractivity contribution in [3.8, 4) is 0 Å². The highest BCUT2D eigenvalue weighted by molar-refractivity contribution is 5.95. The first-order valence-electron chi connectivity index (χ1n) is 6.42. The second-order valence-electron chi connectivity index (χ2n) is 4.65. The van der Waals surface area contributed by atoms with Crippen LogP contribution in [-0.2, 0) is 6.42 Å². The number of aromatic nitrogens is 2. The Hall–Kier alpha value is -1.49. The Morgan fingerprint density at radius 1 is 1.50 bits per heavy atom. The molecule has 0 saturated heterocycles. The van der Waals surface area contributed by atoms with E-state index in [2.05, 4.69) is 10.2 Å². The zero-order chi connectivity index (χ0) is 13.1. The molecule has 18 heavy (non-hydrogen) atoms. The number of nitrogens with zero attached hydrogens (tertiary/aromatic N) is 3. The molecule has 1 N–H and O–H groups in total. The first-order chi connectivity index (χ1) is 8.67. The minimum atomic E-state index is -0.0265. The summed E-state index contributed by atoms with van der Waals surface area (Å²) in [6, 6.07) is 2.09. The molecule has 0 radical (unpaired) electrons. The van der Waals surface area contributed by atoms with E-state index in [-0.39, 0.29) is 12.5 Å². The summed E-state index contributed by atoms with van der Waals surface area (Å²) in [6.07, 6.45) is 2.75. The third kappa shape index (κ3) is 2.67. The largest absolute Gasteiger partial charge is 0.395 e. The van der Waals surface area contributed by atoms with Gasteiger partial charge in [0.05, 0.1) is 23.6 Å². The standard InChI is InChI=1S/C13H19N3O2/c1-3-12-11(8-9(2)14-15-12)13(18)16(6-7-17)10-4-5-10/h8,10,17H,3-7H2,1-2H3. The SMILES string of the molecule is CCc1nnc(C)cc1C(=O)N(CCO)C1CC1. The van der Waals surface area contributed by atoms with Crippen molar-refractivity contribution in [3.05, 3.63) is 23.0 Å². The first kappa shape index (κ1) is 13.0. The molecule has 0 unspecified atom stereocenters. The van der Waals surface area contributed by atoms with Gasteiger partial charge in [-0.15, -0.1) is 0 Å². The van der Waals surface area contributed by atoms with Crippen molar-refractivity contribution in [1.29, 1.82) is 0 Å². The number of hydrogen-bond acceptors (Lipinski definition) is 4. The number of amides is 1. The van der Waals surface area contributed by atoms with Crippen LogP contribution in [0.3, 0.4) is 0 Å². The third-order valence-corrected chi connectivity index (χ3v) is 3.15. The van der Waals surface area contributed by atoms with E-state index in [9.17, 15) is 4.79 Å². The maximum absolute atomic E-state index is 12.5. The van der Waals surface area contributed by atoms with E-state index in [1.165, 1.54) is 0 Å². The average Bonchev–Trinajstić information content (AvgIpc) is 3.19. The maximum Gasteiger partial charge on any atom is 0.256 e. The van der Waals surface area contributed by atoms with Gasteiger partial charge in [0.15, 0.2) is 0 Å². The highest BCUT2D eigenvalue weighted by atomic mass is 16.3. The lowest BCUT2D eigenvalue weighted by molar-refractivity contribution is 0.0705. The van der Waals surface area contributed by atoms with Gasteiger partial charge in [0.25, 0.3) is 5.91 Å². The minimum absolute atomic E-state index is 0.00118. The molecule has 1 aromatic heterocycles. The summed E-state index contributed by atoms with van der Waals surface area (Å²) < 4.78 is 0. The van der Waals surface area contributed by atoms with E-state index in [0.717, 1.165) is 24.2 Å². The number of carbonyl (C=O) groups excluding carboxylic acids is 1. The number of hydrogen-bond donors (Lipinski definition) is 1. The predicted octanol–water partition coefficient (Wildman–Crippen LogP) is 0.944. The van der Waals surface area contributed by atoms with Gasteiger partial charge in [-0.1, -0.05) is 6.92 Å². The van der Waals surface area contributed by atoms with Gasteiger partial charge < -0.3 is 10.0 Å². The van der Waals surface area contributed by atoms with E-state index in [0.29, 0.717) is 24.6 Å². The fraction of sp³-hybridized carbons (Fsp3) is 0.615. The molecular formula is C13H19N3O2.